The van der Waals surface area contributed by atoms with Crippen LogP contribution in [0.15, 0.2) is 34.7 Å². The first-order valence-electron chi connectivity index (χ1n) is 12.2. The molecule has 1 aromatic carbocycles. The molecular weight excluding hydrogens is 528 g/mol. The first kappa shape index (κ1) is 28.0. The van der Waals surface area contributed by atoms with Gasteiger partial charge in [0.1, 0.15) is 0 Å². The molecule has 3 aromatic heterocycles. The number of thiophene rings is 1. The lowest BCUT2D eigenvalue weighted by Crippen LogP contribution is -2.21. The fraction of sp³-hybridized carbons (Fsp3) is 0.296. The largest absolute Gasteiger partial charge is 0.421 e. The SMILES string of the molecule is Cc1nnc(-c2c(CCO)nc(CC(C)C)c(C(N)=O)c2-c2ccc(C(=O)NCc3ccc(F)c(F)c3)s2)o1. The van der Waals surface area contributed by atoms with Crippen LogP contribution in [-0.2, 0) is 19.4 Å². The van der Waals surface area contributed by atoms with Gasteiger partial charge in [-0.1, -0.05) is 19.9 Å². The summed E-state index contributed by atoms with van der Waals surface area (Å²) in [5.74, 6) is -2.59. The summed E-state index contributed by atoms with van der Waals surface area (Å²) in [7, 11) is 0. The Morgan fingerprint density at radius 3 is 2.49 bits per heavy atom. The van der Waals surface area contributed by atoms with Crippen LogP contribution >= 0.6 is 11.3 Å². The van der Waals surface area contributed by atoms with E-state index < -0.39 is 23.4 Å². The maximum atomic E-state index is 13.5. The van der Waals surface area contributed by atoms with Crippen LogP contribution < -0.4 is 11.1 Å². The van der Waals surface area contributed by atoms with Gasteiger partial charge in [0.25, 0.3) is 11.8 Å². The minimum Gasteiger partial charge on any atom is -0.421 e. The van der Waals surface area contributed by atoms with E-state index in [9.17, 15) is 23.5 Å². The van der Waals surface area contributed by atoms with Crippen molar-refractivity contribution in [3.05, 3.63) is 75.2 Å². The van der Waals surface area contributed by atoms with Gasteiger partial charge in [0.05, 0.1) is 27.4 Å². The van der Waals surface area contributed by atoms with Crippen molar-refractivity contribution < 1.29 is 27.9 Å². The highest BCUT2D eigenvalue weighted by atomic mass is 32.1. The molecule has 2 amide bonds. The van der Waals surface area contributed by atoms with E-state index in [1.807, 2.05) is 13.8 Å². The molecule has 4 rings (SSSR count). The van der Waals surface area contributed by atoms with E-state index in [2.05, 4.69) is 15.5 Å². The molecule has 0 aliphatic rings. The standard InChI is InChI=1S/C27H27F2N5O4S/c1-13(2)10-19-22(25(30)36)24(23(18(32-19)8-9-35)27-34-33-14(3)38-27)20-6-7-21(39-20)26(37)31-12-15-4-5-16(28)17(29)11-15/h4-7,11,13,35H,8-10,12H2,1-3H3,(H2,30,36)(H,31,37). The third-order valence-corrected chi connectivity index (χ3v) is 6.90. The van der Waals surface area contributed by atoms with Gasteiger partial charge in [-0.3, -0.25) is 14.6 Å². The van der Waals surface area contributed by atoms with Gasteiger partial charge in [-0.25, -0.2) is 8.78 Å². The Hall–Kier alpha value is -4.03. The summed E-state index contributed by atoms with van der Waals surface area (Å²) < 4.78 is 32.5. The van der Waals surface area contributed by atoms with Crippen molar-refractivity contribution in [2.75, 3.05) is 6.61 Å². The second kappa shape index (κ2) is 11.8. The van der Waals surface area contributed by atoms with E-state index in [0.717, 1.165) is 23.5 Å². The maximum Gasteiger partial charge on any atom is 0.261 e. The number of hydrogen-bond donors (Lipinski definition) is 3. The van der Waals surface area contributed by atoms with Crippen molar-refractivity contribution in [3.8, 4) is 21.9 Å². The van der Waals surface area contributed by atoms with Crippen molar-refractivity contribution >= 4 is 23.2 Å². The van der Waals surface area contributed by atoms with E-state index in [-0.39, 0.29) is 36.9 Å². The molecule has 9 nitrogen and oxygen atoms in total. The van der Waals surface area contributed by atoms with E-state index in [4.69, 9.17) is 15.1 Å². The predicted molar refractivity (Wildman–Crippen MR) is 141 cm³/mol. The highest BCUT2D eigenvalue weighted by Gasteiger charge is 2.29. The van der Waals surface area contributed by atoms with Gasteiger partial charge >= 0.3 is 0 Å². The lowest BCUT2D eigenvalue weighted by molar-refractivity contribution is 0.0953. The Balaban J connectivity index is 1.81. The van der Waals surface area contributed by atoms with Crippen LogP contribution in [0.3, 0.4) is 0 Å². The average molecular weight is 556 g/mol. The van der Waals surface area contributed by atoms with Crippen LogP contribution in [0.1, 0.15) is 56.7 Å². The number of nitrogens with one attached hydrogen (secondary N) is 1. The summed E-state index contributed by atoms with van der Waals surface area (Å²) in [4.78, 5) is 31.3. The minimum absolute atomic E-state index is 0.0171. The Kier molecular flexibility index (Phi) is 8.46. The maximum absolute atomic E-state index is 13.5. The van der Waals surface area contributed by atoms with E-state index >= 15 is 0 Å². The lowest BCUT2D eigenvalue weighted by atomic mass is 9.92. The molecule has 4 N–H and O–H groups in total. The number of aliphatic hydroxyl groups is 1. The van der Waals surface area contributed by atoms with Crippen LogP contribution in [0.2, 0.25) is 0 Å². The number of carbonyl (C=O) groups excluding carboxylic acids is 2. The highest BCUT2D eigenvalue weighted by Crippen LogP contribution is 2.41. The summed E-state index contributed by atoms with van der Waals surface area (Å²) in [5, 5.41) is 20.5. The molecule has 0 aliphatic carbocycles. The monoisotopic (exact) mass is 555 g/mol. The second-order valence-corrected chi connectivity index (χ2v) is 10.4. The van der Waals surface area contributed by atoms with E-state index in [0.29, 0.717) is 50.1 Å². The number of pyridine rings is 1. The zero-order chi connectivity index (χ0) is 28.3. The third kappa shape index (κ3) is 6.18. The zero-order valence-electron chi connectivity index (χ0n) is 21.5. The Morgan fingerprint density at radius 2 is 1.87 bits per heavy atom. The number of aryl methyl sites for hydroxylation is 1. The summed E-state index contributed by atoms with van der Waals surface area (Å²) in [6, 6.07) is 6.65. The number of aromatic nitrogens is 3. The number of carbonyl (C=O) groups is 2. The van der Waals surface area contributed by atoms with Gasteiger partial charge in [0, 0.05) is 36.9 Å². The van der Waals surface area contributed by atoms with Crippen molar-refractivity contribution in [2.24, 2.45) is 11.7 Å². The summed E-state index contributed by atoms with van der Waals surface area (Å²) in [5.41, 5.74) is 8.12. The van der Waals surface area contributed by atoms with Crippen molar-refractivity contribution in [1.29, 1.82) is 0 Å². The lowest BCUT2D eigenvalue weighted by Gasteiger charge is -2.18. The quantitative estimate of drug-likeness (QED) is 0.266. The van der Waals surface area contributed by atoms with Gasteiger partial charge in [-0.15, -0.1) is 21.5 Å². The Bertz CT molecular complexity index is 1530. The van der Waals surface area contributed by atoms with E-state index in [1.165, 1.54) is 6.07 Å². The van der Waals surface area contributed by atoms with Crippen molar-refractivity contribution in [3.63, 3.8) is 0 Å². The van der Waals surface area contributed by atoms with Crippen molar-refractivity contribution in [1.82, 2.24) is 20.5 Å². The topological polar surface area (TPSA) is 144 Å². The second-order valence-electron chi connectivity index (χ2n) is 9.29. The summed E-state index contributed by atoms with van der Waals surface area (Å²) >= 11 is 1.10. The van der Waals surface area contributed by atoms with Gasteiger partial charge in [-0.05, 0) is 42.2 Å². The molecule has 12 heteroatoms. The first-order chi connectivity index (χ1) is 18.6. The van der Waals surface area contributed by atoms with Crippen LogP contribution in [0.25, 0.3) is 21.9 Å². The molecule has 4 aromatic rings. The molecule has 0 aliphatic heterocycles. The predicted octanol–water partition coefficient (Wildman–Crippen LogP) is 4.21. The molecule has 0 fully saturated rings. The third-order valence-electron chi connectivity index (χ3n) is 5.80. The van der Waals surface area contributed by atoms with Crippen molar-refractivity contribution in [2.45, 2.75) is 40.2 Å². The fourth-order valence-electron chi connectivity index (χ4n) is 4.16. The van der Waals surface area contributed by atoms with Gasteiger partial charge in [-0.2, -0.15) is 0 Å². The molecule has 0 atom stereocenters. The molecule has 0 radical (unpaired) electrons. The Morgan fingerprint density at radius 1 is 1.10 bits per heavy atom. The van der Waals surface area contributed by atoms with Crippen LogP contribution in [-0.4, -0.2) is 38.7 Å². The number of hydrogen-bond acceptors (Lipinski definition) is 8. The molecule has 0 saturated carbocycles. The van der Waals surface area contributed by atoms with Gasteiger partial charge in [0.15, 0.2) is 11.6 Å². The minimum atomic E-state index is -1.00. The van der Waals surface area contributed by atoms with Gasteiger partial charge < -0.3 is 20.6 Å². The van der Waals surface area contributed by atoms with E-state index in [1.54, 1.807) is 19.1 Å². The summed E-state index contributed by atoms with van der Waals surface area (Å²) in [6.45, 7) is 5.35. The van der Waals surface area contributed by atoms with Crippen LogP contribution in [0, 0.1) is 24.5 Å². The number of halogens is 2. The van der Waals surface area contributed by atoms with Crippen LogP contribution in [0.4, 0.5) is 8.78 Å². The molecule has 0 saturated heterocycles. The average Bonchev–Trinajstić information content (AvgIpc) is 3.53. The fourth-order valence-corrected chi connectivity index (χ4v) is 5.14. The number of rotatable bonds is 10. The number of amides is 2. The molecule has 0 bridgehead atoms. The zero-order valence-corrected chi connectivity index (χ0v) is 22.4. The molecule has 0 spiro atoms. The Labute approximate surface area is 227 Å². The molecular formula is C27H27F2N5O4S. The van der Waals surface area contributed by atoms with Crippen LogP contribution in [0.5, 0.6) is 0 Å². The number of nitrogens with two attached hydrogens (primary N) is 1. The number of aliphatic hydroxyl groups excluding tert-OH is 1. The first-order valence-corrected chi connectivity index (χ1v) is 13.0. The normalized spacial score (nSPS) is 11.3. The molecule has 204 valence electrons. The highest BCUT2D eigenvalue weighted by molar-refractivity contribution is 7.17. The summed E-state index contributed by atoms with van der Waals surface area (Å²) in [6.07, 6.45) is 0.598. The smallest absolute Gasteiger partial charge is 0.261 e. The number of nitrogens with zero attached hydrogens (tertiary/aromatic N) is 3. The molecule has 0 unspecified atom stereocenters. The molecule has 39 heavy (non-hydrogen) atoms. The number of benzene rings is 1. The van der Waals surface area contributed by atoms with Gasteiger partial charge in [0.2, 0.25) is 11.8 Å². The number of primary amides is 1. The molecule has 3 heterocycles.